The molecule has 0 radical (unpaired) electrons. The Morgan fingerprint density at radius 1 is 0.789 bits per heavy atom. The molecule has 0 bridgehead atoms. The van der Waals surface area contributed by atoms with E-state index < -0.39 is 0 Å². The van der Waals surface area contributed by atoms with Gasteiger partial charge in [0.1, 0.15) is 0 Å². The maximum atomic E-state index is 2.55. The third-order valence-corrected chi connectivity index (χ3v) is 4.21. The molecular formula is C18H22N+. The molecule has 0 spiro atoms. The van der Waals surface area contributed by atoms with Crippen molar-refractivity contribution in [2.45, 2.75) is 31.2 Å². The van der Waals surface area contributed by atoms with E-state index in [1.807, 2.05) is 0 Å². The number of rotatable bonds is 3. The van der Waals surface area contributed by atoms with E-state index in [0.29, 0.717) is 12.0 Å². The monoisotopic (exact) mass is 252 g/mol. The zero-order chi connectivity index (χ0) is 12.9. The van der Waals surface area contributed by atoms with Gasteiger partial charge in [-0.25, -0.2) is 0 Å². The smallest absolute Gasteiger partial charge is 0.0969 e. The highest BCUT2D eigenvalue weighted by atomic mass is 14.9. The van der Waals surface area contributed by atoms with E-state index in [1.54, 1.807) is 0 Å². The first-order valence-electron chi connectivity index (χ1n) is 7.38. The molecule has 1 fully saturated rings. The molecule has 1 heteroatoms. The highest BCUT2D eigenvalue weighted by Gasteiger charge is 2.29. The van der Waals surface area contributed by atoms with Gasteiger partial charge in [-0.3, -0.25) is 0 Å². The van der Waals surface area contributed by atoms with Crippen LogP contribution in [0.2, 0.25) is 0 Å². The van der Waals surface area contributed by atoms with Crippen LogP contribution in [-0.4, -0.2) is 12.6 Å². The van der Waals surface area contributed by atoms with E-state index in [2.05, 4.69) is 66.0 Å². The molecule has 1 atom stereocenters. The van der Waals surface area contributed by atoms with E-state index in [4.69, 9.17) is 0 Å². The Morgan fingerprint density at radius 3 is 1.84 bits per heavy atom. The zero-order valence-electron chi connectivity index (χ0n) is 11.3. The maximum absolute atomic E-state index is 2.55. The number of quaternary nitrogens is 1. The zero-order valence-corrected chi connectivity index (χ0v) is 11.3. The lowest BCUT2D eigenvalue weighted by Gasteiger charge is -2.29. The molecule has 2 aromatic rings. The number of benzene rings is 2. The summed E-state index contributed by atoms with van der Waals surface area (Å²) in [6.07, 6.45) is 4.07. The summed E-state index contributed by atoms with van der Waals surface area (Å²) in [7, 11) is 0. The minimum Gasteiger partial charge on any atom is -0.343 e. The molecular weight excluding hydrogens is 230 g/mol. The minimum absolute atomic E-state index is 0.530. The second-order valence-corrected chi connectivity index (χ2v) is 5.48. The lowest BCUT2D eigenvalue weighted by Crippen LogP contribution is -2.92. The predicted octanol–water partition coefficient (Wildman–Crippen LogP) is 2.93. The molecule has 0 saturated carbocycles. The summed E-state index contributed by atoms with van der Waals surface area (Å²) in [6, 6.07) is 22.7. The number of nitrogens with two attached hydrogens (primary N) is 1. The number of hydrogen-bond donors (Lipinski definition) is 1. The Hall–Kier alpha value is -1.60. The van der Waals surface area contributed by atoms with Gasteiger partial charge in [0.25, 0.3) is 0 Å². The van der Waals surface area contributed by atoms with Gasteiger partial charge in [0.2, 0.25) is 0 Å². The average Bonchev–Trinajstić information content (AvgIpc) is 2.51. The van der Waals surface area contributed by atoms with Gasteiger partial charge in [0.15, 0.2) is 0 Å². The quantitative estimate of drug-likeness (QED) is 0.865. The molecule has 0 aliphatic carbocycles. The molecule has 0 unspecified atom stereocenters. The molecule has 98 valence electrons. The Morgan fingerprint density at radius 2 is 1.37 bits per heavy atom. The third kappa shape index (κ3) is 2.87. The Kier molecular flexibility index (Phi) is 3.95. The maximum Gasteiger partial charge on any atom is 0.0969 e. The van der Waals surface area contributed by atoms with Crippen LogP contribution in [0.25, 0.3) is 0 Å². The topological polar surface area (TPSA) is 16.6 Å². The van der Waals surface area contributed by atoms with E-state index in [-0.39, 0.29) is 0 Å². The van der Waals surface area contributed by atoms with Gasteiger partial charge in [0, 0.05) is 6.42 Å². The van der Waals surface area contributed by atoms with Gasteiger partial charge >= 0.3 is 0 Å². The first-order valence-corrected chi connectivity index (χ1v) is 7.38. The fourth-order valence-corrected chi connectivity index (χ4v) is 3.28. The summed E-state index contributed by atoms with van der Waals surface area (Å²) in [5.74, 6) is 0.530. The molecule has 2 aromatic carbocycles. The molecule has 1 aliphatic heterocycles. The molecule has 19 heavy (non-hydrogen) atoms. The summed E-state index contributed by atoms with van der Waals surface area (Å²) >= 11 is 0. The van der Waals surface area contributed by atoms with Crippen molar-refractivity contribution in [2.24, 2.45) is 0 Å². The van der Waals surface area contributed by atoms with Crippen molar-refractivity contribution in [2.75, 3.05) is 6.54 Å². The SMILES string of the molecule is c1ccc(C(c2ccccc2)[C@@H]2CCCC[NH2+]2)cc1. The molecule has 1 aliphatic rings. The summed E-state index contributed by atoms with van der Waals surface area (Å²) in [4.78, 5) is 0. The van der Waals surface area contributed by atoms with E-state index >= 15 is 0 Å². The van der Waals surface area contributed by atoms with E-state index in [9.17, 15) is 0 Å². The van der Waals surface area contributed by atoms with Crippen molar-refractivity contribution in [3.8, 4) is 0 Å². The minimum atomic E-state index is 0.530. The van der Waals surface area contributed by atoms with Crippen LogP contribution in [0.5, 0.6) is 0 Å². The van der Waals surface area contributed by atoms with Crippen LogP contribution in [0.3, 0.4) is 0 Å². The first-order chi connectivity index (χ1) is 9.45. The largest absolute Gasteiger partial charge is 0.343 e. The lowest BCUT2D eigenvalue weighted by molar-refractivity contribution is -0.699. The summed E-state index contributed by atoms with van der Waals surface area (Å²) in [5, 5.41) is 2.55. The fourth-order valence-electron chi connectivity index (χ4n) is 3.28. The molecule has 0 aromatic heterocycles. The van der Waals surface area contributed by atoms with Gasteiger partial charge in [0.05, 0.1) is 18.5 Å². The molecule has 2 N–H and O–H groups in total. The van der Waals surface area contributed by atoms with Crippen molar-refractivity contribution in [1.29, 1.82) is 0 Å². The summed E-state index contributed by atoms with van der Waals surface area (Å²) in [6.45, 7) is 1.28. The van der Waals surface area contributed by atoms with Crippen LogP contribution in [-0.2, 0) is 0 Å². The Labute approximate surface area is 115 Å². The molecule has 1 nitrogen and oxygen atoms in total. The summed E-state index contributed by atoms with van der Waals surface area (Å²) in [5.41, 5.74) is 2.91. The van der Waals surface area contributed by atoms with Gasteiger partial charge in [-0.1, -0.05) is 60.7 Å². The van der Waals surface area contributed by atoms with Gasteiger partial charge < -0.3 is 5.32 Å². The second-order valence-electron chi connectivity index (χ2n) is 5.48. The van der Waals surface area contributed by atoms with E-state index in [0.717, 1.165) is 0 Å². The molecule has 3 rings (SSSR count). The van der Waals surface area contributed by atoms with Crippen molar-refractivity contribution in [3.05, 3.63) is 71.8 Å². The van der Waals surface area contributed by atoms with E-state index in [1.165, 1.54) is 36.9 Å². The fraction of sp³-hybridized carbons (Fsp3) is 0.333. The third-order valence-electron chi connectivity index (χ3n) is 4.21. The highest BCUT2D eigenvalue weighted by Crippen LogP contribution is 2.29. The first kappa shape index (κ1) is 12.4. The lowest BCUT2D eigenvalue weighted by atomic mass is 9.81. The van der Waals surface area contributed by atoms with Gasteiger partial charge in [-0.05, 0) is 24.0 Å². The van der Waals surface area contributed by atoms with Crippen LogP contribution < -0.4 is 5.32 Å². The van der Waals surface area contributed by atoms with Crippen LogP contribution in [0.4, 0.5) is 0 Å². The van der Waals surface area contributed by atoms with Gasteiger partial charge in [-0.2, -0.15) is 0 Å². The number of piperidine rings is 1. The van der Waals surface area contributed by atoms with Gasteiger partial charge in [-0.15, -0.1) is 0 Å². The Bertz CT molecular complexity index is 446. The second kappa shape index (κ2) is 6.03. The van der Waals surface area contributed by atoms with Crippen molar-refractivity contribution < 1.29 is 5.32 Å². The molecule has 1 heterocycles. The van der Waals surface area contributed by atoms with Crippen molar-refractivity contribution >= 4 is 0 Å². The highest BCUT2D eigenvalue weighted by molar-refractivity contribution is 5.33. The predicted molar refractivity (Wildman–Crippen MR) is 79.2 cm³/mol. The standard InChI is InChI=1S/C18H21N/c1-3-9-15(10-4-1)18(16-11-5-2-6-12-16)17-13-7-8-14-19-17/h1-6,9-12,17-19H,7-8,13-14H2/p+1/t17-/m0/s1. The van der Waals surface area contributed by atoms with Crippen molar-refractivity contribution in [1.82, 2.24) is 0 Å². The van der Waals surface area contributed by atoms with Crippen LogP contribution >= 0.6 is 0 Å². The average molecular weight is 252 g/mol. The van der Waals surface area contributed by atoms with Crippen LogP contribution in [0, 0.1) is 0 Å². The molecule has 1 saturated heterocycles. The van der Waals surface area contributed by atoms with Crippen LogP contribution in [0.1, 0.15) is 36.3 Å². The normalized spacial score (nSPS) is 19.5. The van der Waals surface area contributed by atoms with Crippen LogP contribution in [0.15, 0.2) is 60.7 Å². The Balaban J connectivity index is 1.96. The summed E-state index contributed by atoms with van der Waals surface area (Å²) < 4.78 is 0. The van der Waals surface area contributed by atoms with Crippen molar-refractivity contribution in [3.63, 3.8) is 0 Å². The molecule has 0 amide bonds. The number of hydrogen-bond acceptors (Lipinski definition) is 0.